The van der Waals surface area contributed by atoms with E-state index in [2.05, 4.69) is 15.2 Å². The lowest BCUT2D eigenvalue weighted by atomic mass is 9.69. The fourth-order valence-electron chi connectivity index (χ4n) is 5.54. The molecule has 0 spiro atoms. The van der Waals surface area contributed by atoms with Gasteiger partial charge in [-0.15, -0.1) is 0 Å². The Hall–Kier alpha value is -3.00. The smallest absolute Gasteiger partial charge is 0.469 e. The molecule has 2 amide bonds. The van der Waals surface area contributed by atoms with Crippen LogP contribution in [0.2, 0.25) is 10.0 Å². The number of nitrogens with one attached hydrogen (secondary N) is 2. The molecule has 3 saturated carbocycles. The molecule has 17 heteroatoms. The zero-order chi connectivity index (χ0) is 33.5. The molecule has 3 fully saturated rings. The number of amides is 2. The Morgan fingerprint density at radius 3 is 1.85 bits per heavy atom. The van der Waals surface area contributed by atoms with Gasteiger partial charge in [0, 0.05) is 25.0 Å². The third-order valence-electron chi connectivity index (χ3n) is 7.78. The molecular weight excluding hydrogens is 676 g/mol. The molecule has 3 aliphatic carbocycles. The number of benzene rings is 2. The maximum absolute atomic E-state index is 13.8. The van der Waals surface area contributed by atoms with Gasteiger partial charge in [0.15, 0.2) is 13.2 Å². The number of phosphoric acid groups is 1. The Morgan fingerprint density at radius 1 is 0.891 bits per heavy atom. The summed E-state index contributed by atoms with van der Waals surface area (Å²) in [5.74, 6) is -3.56. The number of fused-ring (bicyclic) bond motifs is 3. The second-order valence-corrected chi connectivity index (χ2v) is 13.3. The fraction of sp³-hybridized carbons (Fsp3) is 0.483. The van der Waals surface area contributed by atoms with Crippen molar-refractivity contribution in [2.24, 2.45) is 11.8 Å². The van der Waals surface area contributed by atoms with Crippen LogP contribution in [-0.2, 0) is 28.2 Å². The van der Waals surface area contributed by atoms with Crippen LogP contribution >= 0.6 is 31.0 Å². The van der Waals surface area contributed by atoms with E-state index in [0.29, 0.717) is 5.92 Å². The van der Waals surface area contributed by atoms with Gasteiger partial charge in [-0.2, -0.15) is 0 Å². The van der Waals surface area contributed by atoms with Crippen LogP contribution in [0.5, 0.6) is 11.5 Å². The van der Waals surface area contributed by atoms with E-state index in [9.17, 15) is 37.5 Å². The highest BCUT2D eigenvalue weighted by atomic mass is 35.5. The molecule has 4 N–H and O–H groups in total. The Morgan fingerprint density at radius 2 is 1.41 bits per heavy atom. The number of carbonyl (C=O) groups is 3. The second kappa shape index (κ2) is 15.7. The van der Waals surface area contributed by atoms with Crippen LogP contribution in [0.1, 0.15) is 44.9 Å². The first kappa shape index (κ1) is 35.8. The van der Waals surface area contributed by atoms with Gasteiger partial charge in [-0.3, -0.25) is 18.9 Å². The molecule has 12 nitrogen and oxygen atoms in total. The van der Waals surface area contributed by atoms with Gasteiger partial charge >= 0.3 is 13.8 Å². The van der Waals surface area contributed by atoms with Crippen LogP contribution in [-0.4, -0.2) is 59.2 Å². The zero-order valence-electron chi connectivity index (χ0n) is 24.4. The molecule has 0 radical (unpaired) electrons. The van der Waals surface area contributed by atoms with Crippen molar-refractivity contribution in [3.8, 4) is 11.5 Å². The SMILES string of the molecule is O=C(COc1ccc(Cl)c(F)c1)NC(CCC(=O)OC1CC2CCC1CC2)(COP(=O)(O)O)NC(=O)COc1ccc(Cl)c(F)c1. The molecule has 3 aliphatic rings. The molecule has 5 rings (SSSR count). The summed E-state index contributed by atoms with van der Waals surface area (Å²) in [6.45, 7) is -2.49. The van der Waals surface area contributed by atoms with Crippen molar-refractivity contribution >= 4 is 48.8 Å². The molecule has 46 heavy (non-hydrogen) atoms. The number of hydrogen-bond acceptors (Lipinski definition) is 8. The zero-order valence-corrected chi connectivity index (χ0v) is 26.8. The van der Waals surface area contributed by atoms with E-state index in [4.69, 9.17) is 37.4 Å². The molecule has 0 aliphatic heterocycles. The molecule has 0 heterocycles. The number of halogens is 4. The van der Waals surface area contributed by atoms with Gasteiger partial charge in [0.05, 0.1) is 10.0 Å². The van der Waals surface area contributed by atoms with Crippen LogP contribution in [0.3, 0.4) is 0 Å². The topological polar surface area (TPSA) is 170 Å². The van der Waals surface area contributed by atoms with Crippen LogP contribution in [0.25, 0.3) is 0 Å². The molecule has 1 unspecified atom stereocenters. The van der Waals surface area contributed by atoms with E-state index in [0.717, 1.165) is 44.2 Å². The molecule has 1 atom stereocenters. The minimum atomic E-state index is -5.17. The Kier molecular flexibility index (Phi) is 12.3. The van der Waals surface area contributed by atoms with Crippen molar-refractivity contribution in [2.45, 2.75) is 56.7 Å². The van der Waals surface area contributed by atoms with Gasteiger partial charge in [-0.05, 0) is 68.2 Å². The van der Waals surface area contributed by atoms with Gasteiger partial charge in [0.25, 0.3) is 11.8 Å². The highest BCUT2D eigenvalue weighted by Crippen LogP contribution is 2.43. The van der Waals surface area contributed by atoms with Crippen molar-refractivity contribution in [3.63, 3.8) is 0 Å². The number of phosphoric ester groups is 1. The van der Waals surface area contributed by atoms with Crippen molar-refractivity contribution in [1.29, 1.82) is 0 Å². The highest BCUT2D eigenvalue weighted by molar-refractivity contribution is 7.46. The molecule has 2 aromatic carbocycles. The van der Waals surface area contributed by atoms with Gasteiger partial charge in [0.1, 0.15) is 41.5 Å². The molecule has 0 aromatic heterocycles. The first-order valence-corrected chi connectivity index (χ1v) is 16.7. The summed E-state index contributed by atoms with van der Waals surface area (Å²) < 4.78 is 60.3. The van der Waals surface area contributed by atoms with E-state index in [1.165, 1.54) is 24.3 Å². The monoisotopic (exact) mass is 708 g/mol. The van der Waals surface area contributed by atoms with Crippen LogP contribution in [0, 0.1) is 23.5 Å². The molecule has 0 saturated heterocycles. The van der Waals surface area contributed by atoms with Crippen LogP contribution in [0.15, 0.2) is 36.4 Å². The minimum Gasteiger partial charge on any atom is -0.484 e. The van der Waals surface area contributed by atoms with Crippen LogP contribution < -0.4 is 20.1 Å². The summed E-state index contributed by atoms with van der Waals surface area (Å²) in [5, 5.41) is 4.46. The first-order chi connectivity index (χ1) is 21.7. The summed E-state index contributed by atoms with van der Waals surface area (Å²) in [6.07, 6.45) is 3.69. The van der Waals surface area contributed by atoms with Gasteiger partial charge < -0.3 is 34.6 Å². The lowest BCUT2D eigenvalue weighted by Gasteiger charge is -2.41. The molecule has 252 valence electrons. The van der Waals surface area contributed by atoms with Crippen molar-refractivity contribution < 1.29 is 56.3 Å². The fourth-order valence-corrected chi connectivity index (χ4v) is 6.16. The van der Waals surface area contributed by atoms with Crippen molar-refractivity contribution in [3.05, 3.63) is 58.1 Å². The van der Waals surface area contributed by atoms with Crippen LogP contribution in [0.4, 0.5) is 8.78 Å². The maximum atomic E-state index is 13.8. The number of esters is 1. The molecular formula is C29H33Cl2F2N2O10P. The summed E-state index contributed by atoms with van der Waals surface area (Å²) >= 11 is 11.3. The summed E-state index contributed by atoms with van der Waals surface area (Å²) in [4.78, 5) is 57.9. The predicted molar refractivity (Wildman–Crippen MR) is 160 cm³/mol. The quantitative estimate of drug-likeness (QED) is 0.116. The largest absolute Gasteiger partial charge is 0.484 e. The lowest BCUT2D eigenvalue weighted by Crippen LogP contribution is -2.64. The Bertz CT molecular complexity index is 1400. The standard InChI is InChI=1S/C29H33Cl2F2N2O10P/c30-21-7-5-19(12-23(21)32)42-14-26(36)34-29(16-44-46(39,40)41,35-27(37)15-43-20-6-8-22(31)24(33)13-20)10-9-28(38)45-25-11-17-1-3-18(25)4-2-17/h5-8,12-13,17-18,25H,1-4,9-11,14-16H2,(H,34,36)(H,35,37)(H2,39,40,41). The van der Waals surface area contributed by atoms with E-state index in [-0.39, 0.29) is 33.6 Å². The summed E-state index contributed by atoms with van der Waals surface area (Å²) in [5.41, 5.74) is -2.11. The minimum absolute atomic E-state index is 0.0629. The van der Waals surface area contributed by atoms with Gasteiger partial charge in [-0.1, -0.05) is 23.2 Å². The number of hydrogen-bond donors (Lipinski definition) is 4. The van der Waals surface area contributed by atoms with Gasteiger partial charge in [0.2, 0.25) is 0 Å². The normalized spacial score (nSPS) is 19.3. The highest BCUT2D eigenvalue weighted by Gasteiger charge is 2.40. The molecule has 2 aromatic rings. The predicted octanol–water partition coefficient (Wildman–Crippen LogP) is 4.67. The van der Waals surface area contributed by atoms with Gasteiger partial charge in [-0.25, -0.2) is 13.3 Å². The number of carbonyl (C=O) groups excluding carboxylic acids is 3. The Balaban J connectivity index is 1.49. The number of rotatable bonds is 15. The molecule has 2 bridgehead atoms. The first-order valence-electron chi connectivity index (χ1n) is 14.4. The summed E-state index contributed by atoms with van der Waals surface area (Å²) in [6, 6.07) is 6.89. The van der Waals surface area contributed by atoms with E-state index < -0.39 is 75.6 Å². The van der Waals surface area contributed by atoms with E-state index >= 15 is 0 Å². The van der Waals surface area contributed by atoms with E-state index in [1.807, 2.05) is 0 Å². The summed E-state index contributed by atoms with van der Waals surface area (Å²) in [7, 11) is -5.17. The maximum Gasteiger partial charge on any atom is 0.469 e. The number of ether oxygens (including phenoxy) is 3. The average molecular weight is 709 g/mol. The van der Waals surface area contributed by atoms with Crippen molar-refractivity contribution in [2.75, 3.05) is 19.8 Å². The third kappa shape index (κ3) is 10.8. The second-order valence-electron chi connectivity index (χ2n) is 11.2. The van der Waals surface area contributed by atoms with E-state index in [1.54, 1.807) is 0 Å². The third-order valence-corrected chi connectivity index (χ3v) is 8.86. The lowest BCUT2D eigenvalue weighted by molar-refractivity contribution is -0.158. The Labute approximate surface area is 273 Å². The van der Waals surface area contributed by atoms with Crippen molar-refractivity contribution in [1.82, 2.24) is 10.6 Å². The average Bonchev–Trinajstić information content (AvgIpc) is 3.00.